The number of nitrogens with one attached hydrogen (secondary N) is 1. The van der Waals surface area contributed by atoms with Crippen LogP contribution >= 0.6 is 0 Å². The average Bonchev–Trinajstić information content (AvgIpc) is 2.60. The fraction of sp³-hybridized carbons (Fsp3) is 0.579. The standard InChI is InChI=1S/C19H28N2O3/c1-13(2)14(3)18(23)20-17-6-4-5-16(11-17)19(24)21-9-7-15(12-22)8-10-21/h4-6,11,13-15,22H,7-10,12H2,1-3H3,(H,20,23). The number of hydrogen-bond acceptors (Lipinski definition) is 3. The van der Waals surface area contributed by atoms with Gasteiger partial charge in [0.1, 0.15) is 0 Å². The van der Waals surface area contributed by atoms with Gasteiger partial charge in [-0.05, 0) is 42.9 Å². The summed E-state index contributed by atoms with van der Waals surface area (Å²) < 4.78 is 0. The monoisotopic (exact) mass is 332 g/mol. The van der Waals surface area contributed by atoms with Gasteiger partial charge in [0, 0.05) is 36.9 Å². The van der Waals surface area contributed by atoms with Crippen molar-refractivity contribution in [1.29, 1.82) is 0 Å². The molecule has 1 aliphatic heterocycles. The Labute approximate surface area is 144 Å². The molecule has 24 heavy (non-hydrogen) atoms. The summed E-state index contributed by atoms with van der Waals surface area (Å²) in [7, 11) is 0. The highest BCUT2D eigenvalue weighted by Crippen LogP contribution is 2.20. The lowest BCUT2D eigenvalue weighted by Crippen LogP contribution is -2.39. The molecule has 0 bridgehead atoms. The van der Waals surface area contributed by atoms with Gasteiger partial charge in [-0.2, -0.15) is 0 Å². The fourth-order valence-corrected chi connectivity index (χ4v) is 2.79. The summed E-state index contributed by atoms with van der Waals surface area (Å²) in [4.78, 5) is 26.6. The molecule has 0 spiro atoms. The van der Waals surface area contributed by atoms with E-state index in [1.165, 1.54) is 0 Å². The molecule has 2 N–H and O–H groups in total. The van der Waals surface area contributed by atoms with Crippen molar-refractivity contribution in [2.75, 3.05) is 25.0 Å². The second-order valence-electron chi connectivity index (χ2n) is 7.02. The molecule has 1 atom stereocenters. The van der Waals surface area contributed by atoms with E-state index >= 15 is 0 Å². The number of benzene rings is 1. The minimum Gasteiger partial charge on any atom is -0.396 e. The van der Waals surface area contributed by atoms with Crippen molar-refractivity contribution in [3.8, 4) is 0 Å². The van der Waals surface area contributed by atoms with E-state index in [0.717, 1.165) is 12.8 Å². The molecule has 1 saturated heterocycles. The van der Waals surface area contributed by atoms with Crippen molar-refractivity contribution in [2.45, 2.75) is 33.6 Å². The fourth-order valence-electron chi connectivity index (χ4n) is 2.79. The third kappa shape index (κ3) is 4.57. The van der Waals surface area contributed by atoms with Crippen LogP contribution in [0.4, 0.5) is 5.69 Å². The number of aliphatic hydroxyl groups is 1. The van der Waals surface area contributed by atoms with Crippen LogP contribution in [-0.2, 0) is 4.79 Å². The number of amides is 2. The van der Waals surface area contributed by atoms with Gasteiger partial charge in [0.25, 0.3) is 5.91 Å². The van der Waals surface area contributed by atoms with Crippen LogP contribution in [0.3, 0.4) is 0 Å². The van der Waals surface area contributed by atoms with E-state index in [2.05, 4.69) is 5.32 Å². The summed E-state index contributed by atoms with van der Waals surface area (Å²) in [6.07, 6.45) is 1.68. The molecule has 1 unspecified atom stereocenters. The molecule has 2 amide bonds. The summed E-state index contributed by atoms with van der Waals surface area (Å²) in [6, 6.07) is 7.12. The smallest absolute Gasteiger partial charge is 0.253 e. The molecule has 0 saturated carbocycles. The van der Waals surface area contributed by atoms with E-state index in [0.29, 0.717) is 30.3 Å². The van der Waals surface area contributed by atoms with Crippen molar-refractivity contribution < 1.29 is 14.7 Å². The van der Waals surface area contributed by atoms with Crippen molar-refractivity contribution in [3.63, 3.8) is 0 Å². The maximum atomic E-state index is 12.6. The third-order valence-electron chi connectivity index (χ3n) is 4.95. The topological polar surface area (TPSA) is 69.6 Å². The minimum absolute atomic E-state index is 0.0144. The second kappa shape index (κ2) is 8.29. The largest absolute Gasteiger partial charge is 0.396 e. The molecule has 1 heterocycles. The molecule has 2 rings (SSSR count). The van der Waals surface area contributed by atoms with Crippen LogP contribution in [0.25, 0.3) is 0 Å². The van der Waals surface area contributed by atoms with E-state index in [1.54, 1.807) is 24.3 Å². The lowest BCUT2D eigenvalue weighted by atomic mass is 9.97. The molecule has 0 aliphatic carbocycles. The van der Waals surface area contributed by atoms with Gasteiger partial charge in [0.2, 0.25) is 5.91 Å². The molecule has 0 radical (unpaired) electrons. The molecule has 5 nitrogen and oxygen atoms in total. The van der Waals surface area contributed by atoms with E-state index in [-0.39, 0.29) is 30.3 Å². The lowest BCUT2D eigenvalue weighted by molar-refractivity contribution is -0.120. The number of carbonyl (C=O) groups excluding carboxylic acids is 2. The first-order chi connectivity index (χ1) is 11.4. The Bertz CT molecular complexity index is 578. The molecular weight excluding hydrogens is 304 g/mol. The number of carbonyl (C=O) groups is 2. The Morgan fingerprint density at radius 2 is 1.92 bits per heavy atom. The Kier molecular flexibility index (Phi) is 6.37. The zero-order chi connectivity index (χ0) is 17.7. The van der Waals surface area contributed by atoms with Crippen molar-refractivity contribution in [3.05, 3.63) is 29.8 Å². The number of piperidine rings is 1. The van der Waals surface area contributed by atoms with Crippen molar-refractivity contribution in [1.82, 2.24) is 4.90 Å². The number of rotatable bonds is 5. The molecule has 5 heteroatoms. The third-order valence-corrected chi connectivity index (χ3v) is 4.95. The van der Waals surface area contributed by atoms with Gasteiger partial charge < -0.3 is 15.3 Å². The summed E-state index contributed by atoms with van der Waals surface area (Å²) in [5.74, 6) is 0.444. The first-order valence-corrected chi connectivity index (χ1v) is 8.73. The normalized spacial score (nSPS) is 17.0. The van der Waals surface area contributed by atoms with Gasteiger partial charge in [0.15, 0.2) is 0 Å². The zero-order valence-electron chi connectivity index (χ0n) is 14.8. The SMILES string of the molecule is CC(C)C(C)C(=O)Nc1cccc(C(=O)N2CCC(CO)CC2)c1. The predicted molar refractivity (Wildman–Crippen MR) is 94.8 cm³/mol. The molecule has 132 valence electrons. The number of anilines is 1. The minimum atomic E-state index is -0.0816. The number of nitrogens with zero attached hydrogens (tertiary/aromatic N) is 1. The highest BCUT2D eigenvalue weighted by atomic mass is 16.3. The van der Waals surface area contributed by atoms with Gasteiger partial charge in [0.05, 0.1) is 0 Å². The highest BCUT2D eigenvalue weighted by molar-refractivity contribution is 5.97. The molecule has 0 aromatic heterocycles. The molecular formula is C19H28N2O3. The van der Waals surface area contributed by atoms with Crippen molar-refractivity contribution in [2.24, 2.45) is 17.8 Å². The number of aliphatic hydroxyl groups excluding tert-OH is 1. The summed E-state index contributed by atoms with van der Waals surface area (Å²) >= 11 is 0. The molecule has 1 aliphatic rings. The van der Waals surface area contributed by atoms with Gasteiger partial charge in [-0.3, -0.25) is 9.59 Å². The van der Waals surface area contributed by atoms with Crippen LogP contribution in [0.1, 0.15) is 44.0 Å². The van der Waals surface area contributed by atoms with Crippen LogP contribution in [0, 0.1) is 17.8 Å². The predicted octanol–water partition coefficient (Wildman–Crippen LogP) is 2.76. The van der Waals surface area contributed by atoms with Gasteiger partial charge in [-0.25, -0.2) is 0 Å². The van der Waals surface area contributed by atoms with Crippen LogP contribution in [0.2, 0.25) is 0 Å². The molecule has 1 fully saturated rings. The number of likely N-dealkylation sites (tertiary alicyclic amines) is 1. The number of hydrogen-bond donors (Lipinski definition) is 2. The van der Waals surface area contributed by atoms with E-state index < -0.39 is 0 Å². The first-order valence-electron chi connectivity index (χ1n) is 8.73. The highest BCUT2D eigenvalue weighted by Gasteiger charge is 2.23. The van der Waals surface area contributed by atoms with Gasteiger partial charge >= 0.3 is 0 Å². The van der Waals surface area contributed by atoms with E-state index in [4.69, 9.17) is 0 Å². The summed E-state index contributed by atoms with van der Waals surface area (Å²) in [5.41, 5.74) is 1.25. The Hall–Kier alpha value is -1.88. The zero-order valence-corrected chi connectivity index (χ0v) is 14.8. The Morgan fingerprint density at radius 1 is 1.25 bits per heavy atom. The van der Waals surface area contributed by atoms with Crippen molar-refractivity contribution >= 4 is 17.5 Å². The van der Waals surface area contributed by atoms with E-state index in [9.17, 15) is 14.7 Å². The van der Waals surface area contributed by atoms with E-state index in [1.807, 2.05) is 25.7 Å². The van der Waals surface area contributed by atoms with Crippen LogP contribution in [0.15, 0.2) is 24.3 Å². The second-order valence-corrected chi connectivity index (χ2v) is 7.02. The van der Waals surface area contributed by atoms with Crippen LogP contribution < -0.4 is 5.32 Å². The quantitative estimate of drug-likeness (QED) is 0.871. The average molecular weight is 332 g/mol. The maximum Gasteiger partial charge on any atom is 0.253 e. The summed E-state index contributed by atoms with van der Waals surface area (Å²) in [6.45, 7) is 7.47. The van der Waals surface area contributed by atoms with Crippen LogP contribution in [-0.4, -0.2) is 41.5 Å². The Morgan fingerprint density at radius 3 is 2.50 bits per heavy atom. The van der Waals surface area contributed by atoms with Gasteiger partial charge in [-0.15, -0.1) is 0 Å². The lowest BCUT2D eigenvalue weighted by Gasteiger charge is -2.31. The Balaban J connectivity index is 2.02. The maximum absolute atomic E-state index is 12.6. The molecule has 1 aromatic rings. The van der Waals surface area contributed by atoms with Crippen LogP contribution in [0.5, 0.6) is 0 Å². The molecule has 1 aromatic carbocycles. The van der Waals surface area contributed by atoms with Gasteiger partial charge in [-0.1, -0.05) is 26.8 Å². The summed E-state index contributed by atoms with van der Waals surface area (Å²) in [5, 5.41) is 12.1. The first kappa shape index (κ1) is 18.5.